The van der Waals surface area contributed by atoms with Gasteiger partial charge in [0.15, 0.2) is 0 Å². The molecule has 0 saturated heterocycles. The first-order valence-corrected chi connectivity index (χ1v) is 7.02. The van der Waals surface area contributed by atoms with Gasteiger partial charge in [-0.15, -0.1) is 0 Å². The first-order chi connectivity index (χ1) is 9.25. The predicted octanol–water partition coefficient (Wildman–Crippen LogP) is 3.27. The van der Waals surface area contributed by atoms with Crippen molar-refractivity contribution in [2.24, 2.45) is 5.92 Å². The zero-order valence-electron chi connectivity index (χ0n) is 11.2. The fraction of sp³-hybridized carbons (Fsp3) is 0.438. The summed E-state index contributed by atoms with van der Waals surface area (Å²) in [5, 5.41) is 10.3. The van der Waals surface area contributed by atoms with Crippen LogP contribution in [0, 0.1) is 5.92 Å². The average molecular weight is 256 g/mol. The van der Waals surface area contributed by atoms with E-state index in [1.54, 1.807) is 0 Å². The fourth-order valence-electron chi connectivity index (χ4n) is 3.03. The van der Waals surface area contributed by atoms with Gasteiger partial charge in [-0.1, -0.05) is 37.3 Å². The highest BCUT2D eigenvalue weighted by atomic mass is 16.3. The number of benzene rings is 1. The molecule has 3 nitrogen and oxygen atoms in total. The maximum atomic E-state index is 10.3. The molecule has 2 aromatic rings. The Morgan fingerprint density at radius 3 is 2.79 bits per heavy atom. The second-order valence-corrected chi connectivity index (χ2v) is 5.58. The van der Waals surface area contributed by atoms with Crippen molar-refractivity contribution in [3.63, 3.8) is 0 Å². The quantitative estimate of drug-likeness (QED) is 0.895. The molecule has 100 valence electrons. The van der Waals surface area contributed by atoms with E-state index in [2.05, 4.69) is 28.6 Å². The van der Waals surface area contributed by atoms with E-state index in [1.807, 2.05) is 30.6 Å². The van der Waals surface area contributed by atoms with E-state index in [4.69, 9.17) is 0 Å². The number of aliphatic hydroxyl groups is 1. The number of hydrogen-bond acceptors (Lipinski definition) is 2. The van der Waals surface area contributed by atoms with Gasteiger partial charge in [-0.05, 0) is 25.2 Å². The molecule has 3 rings (SSSR count). The Labute approximate surface area is 113 Å². The SMILES string of the molecule is CC1CCC(O)C(n2ccnc2-c2ccccc2)C1. The molecular weight excluding hydrogens is 236 g/mol. The molecule has 1 aliphatic carbocycles. The van der Waals surface area contributed by atoms with Gasteiger partial charge in [0, 0.05) is 18.0 Å². The van der Waals surface area contributed by atoms with E-state index < -0.39 is 0 Å². The Morgan fingerprint density at radius 1 is 1.21 bits per heavy atom. The molecule has 0 amide bonds. The Morgan fingerprint density at radius 2 is 2.00 bits per heavy atom. The second kappa shape index (κ2) is 5.17. The zero-order valence-corrected chi connectivity index (χ0v) is 11.2. The largest absolute Gasteiger partial charge is 0.391 e. The summed E-state index contributed by atoms with van der Waals surface area (Å²) in [6, 6.07) is 10.3. The fourth-order valence-corrected chi connectivity index (χ4v) is 3.03. The third-order valence-corrected chi connectivity index (χ3v) is 4.10. The molecule has 3 unspecified atom stereocenters. The summed E-state index contributed by atoms with van der Waals surface area (Å²) in [6.45, 7) is 2.26. The summed E-state index contributed by atoms with van der Waals surface area (Å²) in [7, 11) is 0. The molecule has 3 atom stereocenters. The summed E-state index contributed by atoms with van der Waals surface area (Å²) in [6.07, 6.45) is 6.60. The lowest BCUT2D eigenvalue weighted by Gasteiger charge is -2.33. The van der Waals surface area contributed by atoms with Gasteiger partial charge in [-0.2, -0.15) is 0 Å². The lowest BCUT2D eigenvalue weighted by molar-refractivity contribution is 0.0585. The normalized spacial score (nSPS) is 27.4. The number of nitrogens with zero attached hydrogens (tertiary/aromatic N) is 2. The van der Waals surface area contributed by atoms with Crippen molar-refractivity contribution in [3.05, 3.63) is 42.7 Å². The van der Waals surface area contributed by atoms with Crippen LogP contribution >= 0.6 is 0 Å². The molecule has 1 saturated carbocycles. The average Bonchev–Trinajstić information content (AvgIpc) is 2.91. The summed E-state index contributed by atoms with van der Waals surface area (Å²) in [5.41, 5.74) is 1.11. The van der Waals surface area contributed by atoms with E-state index in [-0.39, 0.29) is 12.1 Å². The van der Waals surface area contributed by atoms with Gasteiger partial charge in [-0.3, -0.25) is 0 Å². The molecule has 0 bridgehead atoms. The molecule has 1 aliphatic rings. The molecule has 0 aliphatic heterocycles. The van der Waals surface area contributed by atoms with Crippen LogP contribution < -0.4 is 0 Å². The smallest absolute Gasteiger partial charge is 0.140 e. The van der Waals surface area contributed by atoms with Crippen molar-refractivity contribution in [2.45, 2.75) is 38.3 Å². The van der Waals surface area contributed by atoms with Crippen LogP contribution in [0.2, 0.25) is 0 Å². The summed E-state index contributed by atoms with van der Waals surface area (Å²) in [5.74, 6) is 1.62. The Balaban J connectivity index is 1.96. The molecule has 1 aromatic carbocycles. The molecule has 0 radical (unpaired) electrons. The van der Waals surface area contributed by atoms with Crippen LogP contribution in [0.25, 0.3) is 11.4 Å². The highest BCUT2D eigenvalue weighted by molar-refractivity contribution is 5.55. The van der Waals surface area contributed by atoms with Gasteiger partial charge in [0.2, 0.25) is 0 Å². The van der Waals surface area contributed by atoms with E-state index >= 15 is 0 Å². The van der Waals surface area contributed by atoms with Crippen LogP contribution in [0.5, 0.6) is 0 Å². The first-order valence-electron chi connectivity index (χ1n) is 7.02. The lowest BCUT2D eigenvalue weighted by atomic mass is 9.84. The topological polar surface area (TPSA) is 38.0 Å². The lowest BCUT2D eigenvalue weighted by Crippen LogP contribution is -2.30. The summed E-state index contributed by atoms with van der Waals surface area (Å²) in [4.78, 5) is 4.47. The summed E-state index contributed by atoms with van der Waals surface area (Å²) < 4.78 is 2.15. The van der Waals surface area contributed by atoms with E-state index in [0.29, 0.717) is 5.92 Å². The first kappa shape index (κ1) is 12.4. The van der Waals surface area contributed by atoms with E-state index in [1.165, 1.54) is 0 Å². The number of hydrogen-bond donors (Lipinski definition) is 1. The molecule has 19 heavy (non-hydrogen) atoms. The molecule has 0 spiro atoms. The Hall–Kier alpha value is -1.61. The van der Waals surface area contributed by atoms with Gasteiger partial charge in [0.05, 0.1) is 12.1 Å². The van der Waals surface area contributed by atoms with Crippen molar-refractivity contribution in [2.75, 3.05) is 0 Å². The van der Waals surface area contributed by atoms with Crippen LogP contribution in [0.15, 0.2) is 42.7 Å². The van der Waals surface area contributed by atoms with Crippen LogP contribution in [-0.4, -0.2) is 20.8 Å². The molecule has 3 heteroatoms. The third kappa shape index (κ3) is 2.43. The molecular formula is C16H20N2O. The highest BCUT2D eigenvalue weighted by Gasteiger charge is 2.29. The molecule has 1 heterocycles. The van der Waals surface area contributed by atoms with E-state index in [9.17, 15) is 5.11 Å². The van der Waals surface area contributed by atoms with Crippen molar-refractivity contribution in [1.29, 1.82) is 0 Å². The van der Waals surface area contributed by atoms with Crippen LogP contribution in [0.1, 0.15) is 32.2 Å². The molecule has 1 N–H and O–H groups in total. The molecule has 1 fully saturated rings. The minimum absolute atomic E-state index is 0.154. The minimum atomic E-state index is -0.257. The molecule has 1 aromatic heterocycles. The third-order valence-electron chi connectivity index (χ3n) is 4.10. The monoisotopic (exact) mass is 256 g/mol. The standard InChI is InChI=1S/C16H20N2O/c1-12-7-8-15(19)14(11-12)18-10-9-17-16(18)13-5-3-2-4-6-13/h2-6,9-10,12,14-15,19H,7-8,11H2,1H3. The summed E-state index contributed by atoms with van der Waals surface area (Å²) >= 11 is 0. The van der Waals surface area contributed by atoms with Crippen LogP contribution in [0.4, 0.5) is 0 Å². The van der Waals surface area contributed by atoms with Crippen molar-refractivity contribution in [1.82, 2.24) is 9.55 Å². The zero-order chi connectivity index (χ0) is 13.2. The number of rotatable bonds is 2. The van der Waals surface area contributed by atoms with E-state index in [0.717, 1.165) is 30.7 Å². The Kier molecular flexibility index (Phi) is 3.38. The van der Waals surface area contributed by atoms with Crippen LogP contribution in [-0.2, 0) is 0 Å². The van der Waals surface area contributed by atoms with Gasteiger partial charge in [-0.25, -0.2) is 4.98 Å². The van der Waals surface area contributed by atoms with Crippen molar-refractivity contribution in [3.8, 4) is 11.4 Å². The van der Waals surface area contributed by atoms with Crippen molar-refractivity contribution >= 4 is 0 Å². The number of aromatic nitrogens is 2. The van der Waals surface area contributed by atoms with Gasteiger partial charge in [0.25, 0.3) is 0 Å². The predicted molar refractivity (Wildman–Crippen MR) is 75.7 cm³/mol. The maximum absolute atomic E-state index is 10.3. The van der Waals surface area contributed by atoms with Crippen molar-refractivity contribution < 1.29 is 5.11 Å². The second-order valence-electron chi connectivity index (χ2n) is 5.58. The highest BCUT2D eigenvalue weighted by Crippen LogP contribution is 2.35. The van der Waals surface area contributed by atoms with Gasteiger partial charge in [0.1, 0.15) is 5.82 Å². The van der Waals surface area contributed by atoms with Gasteiger partial charge < -0.3 is 9.67 Å². The van der Waals surface area contributed by atoms with Crippen LogP contribution in [0.3, 0.4) is 0 Å². The number of imidazole rings is 1. The maximum Gasteiger partial charge on any atom is 0.140 e. The van der Waals surface area contributed by atoms with Gasteiger partial charge >= 0.3 is 0 Å². The Bertz CT molecular complexity index is 535. The number of aliphatic hydroxyl groups excluding tert-OH is 1. The minimum Gasteiger partial charge on any atom is -0.391 e.